The maximum atomic E-state index is 12.8. The van der Waals surface area contributed by atoms with Gasteiger partial charge < -0.3 is 5.32 Å². The van der Waals surface area contributed by atoms with Gasteiger partial charge >= 0.3 is 0 Å². The van der Waals surface area contributed by atoms with E-state index in [1.807, 2.05) is 39.1 Å². The lowest BCUT2D eigenvalue weighted by Gasteiger charge is -2.29. The molecule has 1 N–H and O–H groups in total. The third-order valence-corrected chi connectivity index (χ3v) is 6.48. The highest BCUT2D eigenvalue weighted by Gasteiger charge is 2.33. The lowest BCUT2D eigenvalue weighted by molar-refractivity contribution is 0.390. The third kappa shape index (κ3) is 3.00. The maximum absolute atomic E-state index is 12.8. The number of nitrogens with one attached hydrogen (secondary N) is 1. The predicted octanol–water partition coefficient (Wildman–Crippen LogP) is 2.61. The first-order valence-electron chi connectivity index (χ1n) is 6.93. The summed E-state index contributed by atoms with van der Waals surface area (Å²) in [7, 11) is -1.28. The van der Waals surface area contributed by atoms with Crippen LogP contribution in [0, 0.1) is 13.8 Å². The molecule has 106 valence electrons. The van der Waals surface area contributed by atoms with Crippen molar-refractivity contribution in [3.63, 3.8) is 0 Å². The Balaban J connectivity index is 2.34. The van der Waals surface area contributed by atoms with Gasteiger partial charge in [0.15, 0.2) is 9.84 Å². The molecule has 0 amide bonds. The van der Waals surface area contributed by atoms with Crippen LogP contribution >= 0.6 is 0 Å². The van der Waals surface area contributed by atoms with E-state index in [0.717, 1.165) is 36.8 Å². The number of hydrogen-bond donors (Lipinski definition) is 1. The van der Waals surface area contributed by atoms with Crippen LogP contribution in [0.5, 0.6) is 0 Å². The molecule has 1 aromatic rings. The minimum Gasteiger partial charge on any atom is -0.317 e. The van der Waals surface area contributed by atoms with Crippen LogP contribution in [0.4, 0.5) is 0 Å². The average molecular weight is 281 g/mol. The van der Waals surface area contributed by atoms with E-state index < -0.39 is 9.84 Å². The first-order valence-corrected chi connectivity index (χ1v) is 8.48. The van der Waals surface area contributed by atoms with Crippen molar-refractivity contribution in [1.82, 2.24) is 5.32 Å². The predicted molar refractivity (Wildman–Crippen MR) is 78.2 cm³/mol. The lowest BCUT2D eigenvalue weighted by Crippen LogP contribution is -2.37. The Labute approximate surface area is 116 Å². The van der Waals surface area contributed by atoms with Gasteiger partial charge in [0, 0.05) is 6.04 Å². The Kier molecular flexibility index (Phi) is 4.31. The molecule has 0 bridgehead atoms. The van der Waals surface area contributed by atoms with Crippen molar-refractivity contribution in [3.05, 3.63) is 29.3 Å². The lowest BCUT2D eigenvalue weighted by atomic mass is 9.95. The molecule has 2 rings (SSSR count). The standard InChI is InChI=1S/C15H23NO2S/c1-11-7-8-12(2)15(9-11)19(17,18)14-6-4-5-13(10-14)16-3/h7-9,13-14,16H,4-6,10H2,1-3H3. The summed E-state index contributed by atoms with van der Waals surface area (Å²) in [6.45, 7) is 3.82. The van der Waals surface area contributed by atoms with Crippen molar-refractivity contribution >= 4 is 9.84 Å². The summed E-state index contributed by atoms with van der Waals surface area (Å²) in [4.78, 5) is 0.522. The molecule has 3 nitrogen and oxygen atoms in total. The molecule has 4 heteroatoms. The second-order valence-electron chi connectivity index (χ2n) is 5.59. The highest BCUT2D eigenvalue weighted by molar-refractivity contribution is 7.92. The fourth-order valence-corrected chi connectivity index (χ4v) is 5.07. The Hall–Kier alpha value is -0.870. The first kappa shape index (κ1) is 14.5. The molecule has 1 saturated carbocycles. The van der Waals surface area contributed by atoms with Gasteiger partial charge in [-0.25, -0.2) is 8.42 Å². The summed E-state index contributed by atoms with van der Waals surface area (Å²) in [6, 6.07) is 6.01. The maximum Gasteiger partial charge on any atom is 0.181 e. The monoisotopic (exact) mass is 281 g/mol. The second kappa shape index (κ2) is 5.63. The molecule has 0 radical (unpaired) electrons. The molecular weight excluding hydrogens is 258 g/mol. The summed E-state index contributed by atoms with van der Waals surface area (Å²) >= 11 is 0. The minimum atomic E-state index is -3.20. The molecule has 2 atom stereocenters. The van der Waals surface area contributed by atoms with Gasteiger partial charge in [-0.05, 0) is 57.4 Å². The van der Waals surface area contributed by atoms with E-state index in [9.17, 15) is 8.42 Å². The first-order chi connectivity index (χ1) is 8.95. The molecule has 0 heterocycles. The fourth-order valence-electron chi connectivity index (χ4n) is 2.88. The van der Waals surface area contributed by atoms with E-state index in [1.165, 1.54) is 0 Å². The zero-order valence-electron chi connectivity index (χ0n) is 11.9. The van der Waals surface area contributed by atoms with Crippen LogP contribution in [0.25, 0.3) is 0 Å². The van der Waals surface area contributed by atoms with Gasteiger partial charge in [0.05, 0.1) is 10.1 Å². The Morgan fingerprint density at radius 3 is 2.63 bits per heavy atom. The van der Waals surface area contributed by atoms with E-state index >= 15 is 0 Å². The third-order valence-electron chi connectivity index (χ3n) is 4.12. The summed E-state index contributed by atoms with van der Waals surface area (Å²) in [6.07, 6.45) is 3.58. The van der Waals surface area contributed by atoms with Gasteiger partial charge in [0.2, 0.25) is 0 Å². The Morgan fingerprint density at radius 2 is 1.95 bits per heavy atom. The van der Waals surface area contributed by atoms with Crippen molar-refractivity contribution in [2.24, 2.45) is 0 Å². The van der Waals surface area contributed by atoms with Crippen molar-refractivity contribution in [2.75, 3.05) is 7.05 Å². The topological polar surface area (TPSA) is 46.2 Å². The van der Waals surface area contributed by atoms with E-state index in [2.05, 4.69) is 5.32 Å². The van der Waals surface area contributed by atoms with Crippen LogP contribution in [-0.2, 0) is 9.84 Å². The molecular formula is C15H23NO2S. The van der Waals surface area contributed by atoms with Crippen LogP contribution < -0.4 is 5.32 Å². The van der Waals surface area contributed by atoms with Crippen molar-refractivity contribution in [2.45, 2.75) is 55.7 Å². The van der Waals surface area contributed by atoms with Gasteiger partial charge in [0.25, 0.3) is 0 Å². The molecule has 0 saturated heterocycles. The molecule has 0 spiro atoms. The number of rotatable bonds is 3. The highest BCUT2D eigenvalue weighted by atomic mass is 32.2. The second-order valence-corrected chi connectivity index (χ2v) is 7.78. The highest BCUT2D eigenvalue weighted by Crippen LogP contribution is 2.30. The van der Waals surface area contributed by atoms with Crippen LogP contribution in [0.15, 0.2) is 23.1 Å². The largest absolute Gasteiger partial charge is 0.317 e. The number of benzene rings is 1. The van der Waals surface area contributed by atoms with Gasteiger partial charge in [-0.15, -0.1) is 0 Å². The molecule has 0 aliphatic heterocycles. The fraction of sp³-hybridized carbons (Fsp3) is 0.600. The van der Waals surface area contributed by atoms with Crippen LogP contribution in [0.2, 0.25) is 0 Å². The quantitative estimate of drug-likeness (QED) is 0.926. The number of aryl methyl sites for hydroxylation is 2. The van der Waals surface area contributed by atoms with Gasteiger partial charge in [0.1, 0.15) is 0 Å². The smallest absolute Gasteiger partial charge is 0.181 e. The van der Waals surface area contributed by atoms with E-state index in [-0.39, 0.29) is 5.25 Å². The van der Waals surface area contributed by atoms with Crippen LogP contribution in [-0.4, -0.2) is 26.8 Å². The molecule has 0 aromatic heterocycles. The van der Waals surface area contributed by atoms with Crippen LogP contribution in [0.1, 0.15) is 36.8 Å². The zero-order valence-corrected chi connectivity index (χ0v) is 12.8. The molecule has 1 aliphatic carbocycles. The Bertz CT molecular complexity index is 551. The zero-order chi connectivity index (χ0) is 14.0. The van der Waals surface area contributed by atoms with E-state index in [0.29, 0.717) is 10.9 Å². The molecule has 1 aliphatic rings. The summed E-state index contributed by atoms with van der Waals surface area (Å²) in [5.41, 5.74) is 1.86. The van der Waals surface area contributed by atoms with Crippen molar-refractivity contribution in [3.8, 4) is 0 Å². The molecule has 19 heavy (non-hydrogen) atoms. The average Bonchev–Trinajstić information content (AvgIpc) is 2.41. The molecule has 2 unspecified atom stereocenters. The molecule has 1 aromatic carbocycles. The number of sulfone groups is 1. The minimum absolute atomic E-state index is 0.237. The number of hydrogen-bond acceptors (Lipinski definition) is 3. The van der Waals surface area contributed by atoms with Gasteiger partial charge in [-0.2, -0.15) is 0 Å². The summed E-state index contributed by atoms with van der Waals surface area (Å²) < 4.78 is 25.6. The van der Waals surface area contributed by atoms with Crippen LogP contribution in [0.3, 0.4) is 0 Å². The Morgan fingerprint density at radius 1 is 1.21 bits per heavy atom. The normalized spacial score (nSPS) is 24.4. The van der Waals surface area contributed by atoms with E-state index in [1.54, 1.807) is 0 Å². The van der Waals surface area contributed by atoms with E-state index in [4.69, 9.17) is 0 Å². The van der Waals surface area contributed by atoms with Crippen molar-refractivity contribution in [1.29, 1.82) is 0 Å². The SMILES string of the molecule is CNC1CCCC(S(=O)(=O)c2cc(C)ccc2C)C1. The molecule has 1 fully saturated rings. The van der Waals surface area contributed by atoms with Crippen molar-refractivity contribution < 1.29 is 8.42 Å². The van der Waals surface area contributed by atoms with Gasteiger partial charge in [-0.1, -0.05) is 18.6 Å². The van der Waals surface area contributed by atoms with Gasteiger partial charge in [-0.3, -0.25) is 0 Å². The summed E-state index contributed by atoms with van der Waals surface area (Å²) in [5, 5.41) is 2.98. The summed E-state index contributed by atoms with van der Waals surface area (Å²) in [5.74, 6) is 0.